The maximum Gasteiger partial charge on any atom is 0.325 e. The topological polar surface area (TPSA) is 41.9 Å². The molecule has 0 N–H and O–H groups in total. The lowest BCUT2D eigenvalue weighted by molar-refractivity contribution is -0.141. The van der Waals surface area contributed by atoms with Gasteiger partial charge in [0.25, 0.3) is 0 Å². The molecule has 0 amide bonds. The van der Waals surface area contributed by atoms with Crippen molar-refractivity contribution in [3.8, 4) is 0 Å². The van der Waals surface area contributed by atoms with Crippen LogP contribution in [0.25, 0.3) is 0 Å². The van der Waals surface area contributed by atoms with Gasteiger partial charge in [-0.25, -0.2) is 4.99 Å². The van der Waals surface area contributed by atoms with Gasteiger partial charge in [0.15, 0.2) is 0 Å². The number of ether oxygens (including phenoxy) is 1. The van der Waals surface area contributed by atoms with Crippen molar-refractivity contribution in [2.45, 2.75) is 6.04 Å². The van der Waals surface area contributed by atoms with Gasteiger partial charge in [0.05, 0.1) is 18.8 Å². The Morgan fingerprint density at radius 3 is 2.48 bits per heavy atom. The predicted octanol–water partition coefficient (Wildman–Crippen LogP) is 5.87. The lowest BCUT2D eigenvalue weighted by atomic mass is 9.93. The first-order chi connectivity index (χ1) is 14.1. The Morgan fingerprint density at radius 1 is 1.00 bits per heavy atom. The third-order valence-corrected chi connectivity index (χ3v) is 5.81. The Bertz CT molecular complexity index is 1080. The zero-order chi connectivity index (χ0) is 20.4. The molecule has 1 aliphatic rings. The Labute approximate surface area is 186 Å². The zero-order valence-electron chi connectivity index (χ0n) is 15.7. The molecule has 0 aromatic heterocycles. The number of nitrogens with zero attached hydrogens (tertiary/aromatic N) is 2. The Morgan fingerprint density at radius 2 is 1.76 bits per heavy atom. The van der Waals surface area contributed by atoms with Crippen LogP contribution in [0.2, 0.25) is 0 Å². The fraction of sp³-hybridized carbons (Fsp3) is 0.130. The molecule has 0 saturated carbocycles. The van der Waals surface area contributed by atoms with Gasteiger partial charge in [0.2, 0.25) is 0 Å². The summed E-state index contributed by atoms with van der Waals surface area (Å²) in [5, 5.41) is 0. The molecule has 3 aromatic carbocycles. The van der Waals surface area contributed by atoms with E-state index in [2.05, 4.69) is 50.1 Å². The minimum Gasteiger partial charge on any atom is -0.468 e. The van der Waals surface area contributed by atoms with Crippen LogP contribution in [0.3, 0.4) is 0 Å². The van der Waals surface area contributed by atoms with Gasteiger partial charge >= 0.3 is 5.97 Å². The van der Waals surface area contributed by atoms with E-state index in [1.54, 1.807) is 0 Å². The van der Waals surface area contributed by atoms with E-state index in [1.165, 1.54) is 7.11 Å². The smallest absolute Gasteiger partial charge is 0.325 e. The van der Waals surface area contributed by atoms with Crippen molar-refractivity contribution in [1.82, 2.24) is 4.90 Å². The van der Waals surface area contributed by atoms with E-state index < -0.39 is 0 Å². The average Bonchev–Trinajstić information content (AvgIpc) is 2.73. The van der Waals surface area contributed by atoms with Crippen molar-refractivity contribution in [2.75, 3.05) is 13.7 Å². The zero-order valence-corrected chi connectivity index (χ0v) is 18.9. The fourth-order valence-corrected chi connectivity index (χ4v) is 4.32. The molecule has 29 heavy (non-hydrogen) atoms. The van der Waals surface area contributed by atoms with Crippen LogP contribution in [0.4, 0.5) is 5.69 Å². The van der Waals surface area contributed by atoms with Crippen LogP contribution in [0, 0.1) is 0 Å². The molecule has 4 nitrogen and oxygen atoms in total. The molecule has 0 radical (unpaired) electrons. The molecule has 0 aliphatic carbocycles. The van der Waals surface area contributed by atoms with E-state index in [1.807, 2.05) is 59.5 Å². The summed E-state index contributed by atoms with van der Waals surface area (Å²) in [5.41, 5.74) is 3.93. The molecular weight excluding hydrogens is 496 g/mol. The predicted molar refractivity (Wildman–Crippen MR) is 121 cm³/mol. The Balaban J connectivity index is 1.95. The number of methoxy groups -OCH3 is 1. The third kappa shape index (κ3) is 4.14. The molecule has 1 aliphatic heterocycles. The van der Waals surface area contributed by atoms with Gasteiger partial charge in [0, 0.05) is 20.1 Å². The summed E-state index contributed by atoms with van der Waals surface area (Å²) in [6.07, 6.45) is 0. The molecule has 1 atom stereocenters. The van der Waals surface area contributed by atoms with Crippen molar-refractivity contribution in [2.24, 2.45) is 4.99 Å². The van der Waals surface area contributed by atoms with Crippen LogP contribution < -0.4 is 0 Å². The highest BCUT2D eigenvalue weighted by molar-refractivity contribution is 9.10. The quantitative estimate of drug-likeness (QED) is 0.410. The monoisotopic (exact) mass is 512 g/mol. The van der Waals surface area contributed by atoms with Crippen LogP contribution in [-0.4, -0.2) is 30.4 Å². The maximum absolute atomic E-state index is 12.3. The summed E-state index contributed by atoms with van der Waals surface area (Å²) < 4.78 is 6.92. The molecule has 1 heterocycles. The molecule has 0 spiro atoms. The standard InChI is InChI=1S/C23H18Br2N2O2/c1-29-21(28)14-27-22(15-6-3-2-4-7-15)19-13-18(25)10-11-20(19)26-23(27)16-8-5-9-17(24)12-16/h2-13,22H,14H2,1H3. The highest BCUT2D eigenvalue weighted by atomic mass is 79.9. The van der Waals surface area contributed by atoms with E-state index in [4.69, 9.17) is 9.73 Å². The van der Waals surface area contributed by atoms with E-state index in [0.717, 1.165) is 37.2 Å². The lowest BCUT2D eigenvalue weighted by Gasteiger charge is -2.38. The number of carbonyl (C=O) groups is 1. The average molecular weight is 514 g/mol. The molecule has 0 fully saturated rings. The van der Waals surface area contributed by atoms with Crippen molar-refractivity contribution in [3.05, 3.63) is 98.4 Å². The summed E-state index contributed by atoms with van der Waals surface area (Å²) in [6.45, 7) is 0.0906. The van der Waals surface area contributed by atoms with E-state index >= 15 is 0 Å². The molecular formula is C23H18Br2N2O2. The normalized spacial score (nSPS) is 15.5. The fourth-order valence-electron chi connectivity index (χ4n) is 3.54. The number of aliphatic imine (C=N–C) groups is 1. The molecule has 4 rings (SSSR count). The van der Waals surface area contributed by atoms with Crippen LogP contribution in [0.5, 0.6) is 0 Å². The van der Waals surface area contributed by atoms with Gasteiger partial charge in [-0.15, -0.1) is 0 Å². The van der Waals surface area contributed by atoms with Gasteiger partial charge in [-0.05, 0) is 35.9 Å². The Hall–Kier alpha value is -2.44. The number of amidine groups is 1. The first-order valence-corrected chi connectivity index (χ1v) is 10.7. The molecule has 6 heteroatoms. The van der Waals surface area contributed by atoms with Crippen molar-refractivity contribution >= 4 is 49.4 Å². The Kier molecular flexibility index (Phi) is 5.83. The van der Waals surface area contributed by atoms with Gasteiger partial charge in [0.1, 0.15) is 12.4 Å². The van der Waals surface area contributed by atoms with Gasteiger partial charge < -0.3 is 9.64 Å². The maximum atomic E-state index is 12.3. The molecule has 3 aromatic rings. The van der Waals surface area contributed by atoms with Crippen LogP contribution in [0.1, 0.15) is 22.7 Å². The first-order valence-electron chi connectivity index (χ1n) is 9.09. The van der Waals surface area contributed by atoms with E-state index in [-0.39, 0.29) is 18.6 Å². The van der Waals surface area contributed by atoms with Crippen molar-refractivity contribution in [1.29, 1.82) is 0 Å². The first kappa shape index (κ1) is 19.9. The second-order valence-corrected chi connectivity index (χ2v) is 8.50. The number of halogens is 2. The molecule has 0 bridgehead atoms. The second-order valence-electron chi connectivity index (χ2n) is 6.67. The van der Waals surface area contributed by atoms with Crippen LogP contribution in [-0.2, 0) is 9.53 Å². The number of benzene rings is 3. The minimum absolute atomic E-state index is 0.0906. The third-order valence-electron chi connectivity index (χ3n) is 4.82. The summed E-state index contributed by atoms with van der Waals surface area (Å²) in [4.78, 5) is 19.3. The highest BCUT2D eigenvalue weighted by Crippen LogP contribution is 2.41. The molecule has 0 saturated heterocycles. The lowest BCUT2D eigenvalue weighted by Crippen LogP contribution is -2.42. The summed E-state index contributed by atoms with van der Waals surface area (Å²) >= 11 is 7.12. The summed E-state index contributed by atoms with van der Waals surface area (Å²) in [5.74, 6) is 0.424. The largest absolute Gasteiger partial charge is 0.468 e. The summed E-state index contributed by atoms with van der Waals surface area (Å²) in [6, 6.07) is 24.0. The number of rotatable bonds is 4. The number of fused-ring (bicyclic) bond motifs is 1. The van der Waals surface area contributed by atoms with Crippen molar-refractivity contribution < 1.29 is 9.53 Å². The molecule has 1 unspecified atom stereocenters. The number of hydrogen-bond acceptors (Lipinski definition) is 4. The van der Waals surface area contributed by atoms with Gasteiger partial charge in [-0.3, -0.25) is 4.79 Å². The number of hydrogen-bond donors (Lipinski definition) is 0. The number of esters is 1. The van der Waals surface area contributed by atoms with Crippen LogP contribution in [0.15, 0.2) is 86.7 Å². The molecule has 146 valence electrons. The van der Waals surface area contributed by atoms with Gasteiger partial charge in [-0.1, -0.05) is 74.3 Å². The van der Waals surface area contributed by atoms with Crippen molar-refractivity contribution in [3.63, 3.8) is 0 Å². The number of carbonyl (C=O) groups excluding carboxylic acids is 1. The van der Waals surface area contributed by atoms with Crippen LogP contribution >= 0.6 is 31.9 Å². The minimum atomic E-state index is -0.313. The van der Waals surface area contributed by atoms with E-state index in [0.29, 0.717) is 0 Å². The SMILES string of the molecule is COC(=O)CN1C(c2cccc(Br)c2)=Nc2ccc(Br)cc2C1c1ccccc1. The van der Waals surface area contributed by atoms with E-state index in [9.17, 15) is 4.79 Å². The second kappa shape index (κ2) is 8.51. The summed E-state index contributed by atoms with van der Waals surface area (Å²) in [7, 11) is 1.41. The highest BCUT2D eigenvalue weighted by Gasteiger charge is 2.33. The van der Waals surface area contributed by atoms with Gasteiger partial charge in [-0.2, -0.15) is 0 Å².